The Hall–Kier alpha value is -1.05. The molecule has 0 spiro atoms. The van der Waals surface area contributed by atoms with Crippen LogP contribution >= 0.6 is 10.7 Å². The van der Waals surface area contributed by atoms with E-state index >= 15 is 0 Å². The van der Waals surface area contributed by atoms with E-state index in [1.54, 1.807) is 18.2 Å². The van der Waals surface area contributed by atoms with E-state index < -0.39 is 14.3 Å². The number of nitrogens with zero attached hydrogens (tertiary/aromatic N) is 1. The monoisotopic (exact) mass is 229 g/mol. The van der Waals surface area contributed by atoms with E-state index in [9.17, 15) is 8.42 Å². The van der Waals surface area contributed by atoms with E-state index in [4.69, 9.17) is 15.9 Å². The Kier molecular flexibility index (Phi) is 3.14. The third-order valence-corrected chi connectivity index (χ3v) is 3.83. The summed E-state index contributed by atoms with van der Waals surface area (Å²) >= 11 is 0. The van der Waals surface area contributed by atoms with Crippen LogP contribution in [0, 0.1) is 11.3 Å². The second-order valence-corrected chi connectivity index (χ2v) is 5.80. The van der Waals surface area contributed by atoms with Crippen LogP contribution in [0.3, 0.4) is 0 Å². The molecule has 5 heteroatoms. The lowest BCUT2D eigenvalue weighted by Gasteiger charge is -2.07. The molecule has 0 amide bonds. The summed E-state index contributed by atoms with van der Waals surface area (Å²) in [4.78, 5) is 0. The molecule has 0 aromatic heterocycles. The van der Waals surface area contributed by atoms with Crippen molar-refractivity contribution in [2.45, 2.75) is 12.2 Å². The molecule has 0 N–H and O–H groups in total. The molecule has 3 nitrogen and oxygen atoms in total. The van der Waals surface area contributed by atoms with Crippen molar-refractivity contribution in [1.82, 2.24) is 0 Å². The zero-order chi connectivity index (χ0) is 10.8. The highest BCUT2D eigenvalue weighted by Gasteiger charge is 2.19. The maximum absolute atomic E-state index is 11.0. The Morgan fingerprint density at radius 3 is 2.64 bits per heavy atom. The van der Waals surface area contributed by atoms with Crippen molar-refractivity contribution < 1.29 is 8.42 Å². The van der Waals surface area contributed by atoms with Gasteiger partial charge in [0.05, 0.1) is 16.9 Å². The van der Waals surface area contributed by atoms with E-state index in [1.807, 2.05) is 6.07 Å². The fourth-order valence-corrected chi connectivity index (χ4v) is 1.80. The minimum Gasteiger partial charge on any atom is -0.212 e. The van der Waals surface area contributed by atoms with Gasteiger partial charge in [-0.3, -0.25) is 0 Å². The lowest BCUT2D eigenvalue weighted by molar-refractivity contribution is 0.600. The zero-order valence-electron chi connectivity index (χ0n) is 7.44. The summed E-state index contributed by atoms with van der Waals surface area (Å²) in [5, 5.41) is 7.82. The van der Waals surface area contributed by atoms with Gasteiger partial charge in [0.2, 0.25) is 9.05 Å². The molecule has 0 heterocycles. The molecule has 1 aromatic rings. The minimum absolute atomic E-state index is 0.426. The molecule has 1 rings (SSSR count). The molecule has 1 unspecified atom stereocenters. The third-order valence-electron chi connectivity index (χ3n) is 1.91. The molecule has 0 aliphatic carbocycles. The molecular formula is C9H8ClNO2S. The second-order valence-electron chi connectivity index (χ2n) is 2.86. The van der Waals surface area contributed by atoms with Crippen LogP contribution in [-0.2, 0) is 9.05 Å². The molecule has 0 saturated heterocycles. The first-order valence-electron chi connectivity index (χ1n) is 3.88. The molecule has 0 saturated carbocycles. The van der Waals surface area contributed by atoms with Gasteiger partial charge >= 0.3 is 0 Å². The highest BCUT2D eigenvalue weighted by atomic mass is 35.7. The van der Waals surface area contributed by atoms with Crippen molar-refractivity contribution in [3.63, 3.8) is 0 Å². The third kappa shape index (κ3) is 2.47. The van der Waals surface area contributed by atoms with E-state index in [0.29, 0.717) is 11.1 Å². The largest absolute Gasteiger partial charge is 0.239 e. The van der Waals surface area contributed by atoms with Crippen LogP contribution in [0.1, 0.15) is 23.3 Å². The quantitative estimate of drug-likeness (QED) is 0.731. The summed E-state index contributed by atoms with van der Waals surface area (Å²) in [5.74, 6) is 0. The van der Waals surface area contributed by atoms with Crippen LogP contribution in [0.5, 0.6) is 0 Å². The summed E-state index contributed by atoms with van der Waals surface area (Å²) in [6, 6.07) is 8.32. The minimum atomic E-state index is -3.62. The fourth-order valence-electron chi connectivity index (χ4n) is 1.02. The van der Waals surface area contributed by atoms with Crippen molar-refractivity contribution in [1.29, 1.82) is 5.26 Å². The van der Waals surface area contributed by atoms with Crippen molar-refractivity contribution in [3.05, 3.63) is 35.4 Å². The Labute approximate surface area is 87.4 Å². The van der Waals surface area contributed by atoms with Crippen LogP contribution < -0.4 is 0 Å². The summed E-state index contributed by atoms with van der Waals surface area (Å²) < 4.78 is 22.0. The van der Waals surface area contributed by atoms with Crippen LogP contribution in [-0.4, -0.2) is 8.42 Å². The highest BCUT2D eigenvalue weighted by Crippen LogP contribution is 2.25. The standard InChI is InChI=1S/C9H8ClNO2S/c1-7(14(10,12)13)9-4-2-3-8(5-9)6-11/h2-5,7H,1H3. The summed E-state index contributed by atoms with van der Waals surface area (Å²) in [7, 11) is 1.58. The number of hydrogen-bond donors (Lipinski definition) is 0. The van der Waals surface area contributed by atoms with Crippen LogP contribution in [0.15, 0.2) is 24.3 Å². The Balaban J connectivity index is 3.16. The van der Waals surface area contributed by atoms with E-state index in [0.717, 1.165) is 0 Å². The smallest absolute Gasteiger partial charge is 0.212 e. The zero-order valence-corrected chi connectivity index (χ0v) is 9.01. The molecule has 74 valence electrons. The normalized spacial score (nSPS) is 13.2. The van der Waals surface area contributed by atoms with Crippen molar-refractivity contribution >= 4 is 19.7 Å². The average Bonchev–Trinajstić information content (AvgIpc) is 2.15. The molecule has 1 atom stereocenters. The number of rotatable bonds is 2. The first-order chi connectivity index (χ1) is 6.45. The molecule has 0 fully saturated rings. The van der Waals surface area contributed by atoms with Gasteiger partial charge in [0.15, 0.2) is 0 Å². The first kappa shape index (κ1) is 11.0. The van der Waals surface area contributed by atoms with Gasteiger partial charge in [-0.25, -0.2) is 8.42 Å². The van der Waals surface area contributed by atoms with Gasteiger partial charge < -0.3 is 0 Å². The predicted molar refractivity (Wildman–Crippen MR) is 54.3 cm³/mol. The van der Waals surface area contributed by atoms with E-state index in [-0.39, 0.29) is 0 Å². The average molecular weight is 230 g/mol. The van der Waals surface area contributed by atoms with E-state index in [1.165, 1.54) is 13.0 Å². The Bertz CT molecular complexity index is 476. The first-order valence-corrected chi connectivity index (χ1v) is 6.26. The summed E-state index contributed by atoms with van der Waals surface area (Å²) in [6.07, 6.45) is 0. The van der Waals surface area contributed by atoms with Crippen LogP contribution in [0.2, 0.25) is 0 Å². The molecule has 14 heavy (non-hydrogen) atoms. The second kappa shape index (κ2) is 3.99. The van der Waals surface area contributed by atoms with Crippen molar-refractivity contribution in [2.75, 3.05) is 0 Å². The number of nitriles is 1. The van der Waals surface area contributed by atoms with Crippen molar-refractivity contribution in [3.8, 4) is 6.07 Å². The maximum Gasteiger partial charge on any atom is 0.239 e. The Morgan fingerprint density at radius 1 is 1.50 bits per heavy atom. The maximum atomic E-state index is 11.0. The lowest BCUT2D eigenvalue weighted by atomic mass is 10.1. The number of halogens is 1. The van der Waals surface area contributed by atoms with Gasteiger partial charge in [-0.2, -0.15) is 5.26 Å². The van der Waals surface area contributed by atoms with Crippen LogP contribution in [0.25, 0.3) is 0 Å². The molecule has 0 radical (unpaired) electrons. The fraction of sp³-hybridized carbons (Fsp3) is 0.222. The van der Waals surface area contributed by atoms with Gasteiger partial charge in [-0.1, -0.05) is 12.1 Å². The van der Waals surface area contributed by atoms with Crippen molar-refractivity contribution in [2.24, 2.45) is 0 Å². The predicted octanol–water partition coefficient (Wildman–Crippen LogP) is 2.19. The molecular weight excluding hydrogens is 222 g/mol. The van der Waals surface area contributed by atoms with Gasteiger partial charge in [0.1, 0.15) is 0 Å². The van der Waals surface area contributed by atoms with Gasteiger partial charge in [0.25, 0.3) is 0 Å². The highest BCUT2D eigenvalue weighted by molar-refractivity contribution is 8.13. The van der Waals surface area contributed by atoms with Gasteiger partial charge in [-0.05, 0) is 24.6 Å². The van der Waals surface area contributed by atoms with Gasteiger partial charge in [0, 0.05) is 10.7 Å². The molecule has 0 bridgehead atoms. The Morgan fingerprint density at radius 2 is 2.14 bits per heavy atom. The SMILES string of the molecule is CC(c1cccc(C#N)c1)S(=O)(=O)Cl. The molecule has 0 aliphatic rings. The molecule has 0 aliphatic heterocycles. The van der Waals surface area contributed by atoms with Crippen LogP contribution in [0.4, 0.5) is 0 Å². The lowest BCUT2D eigenvalue weighted by Crippen LogP contribution is -2.02. The van der Waals surface area contributed by atoms with Gasteiger partial charge in [-0.15, -0.1) is 0 Å². The summed E-state index contributed by atoms with van der Waals surface area (Å²) in [6.45, 7) is 1.48. The van der Waals surface area contributed by atoms with E-state index in [2.05, 4.69) is 0 Å². The summed E-state index contributed by atoms with van der Waals surface area (Å²) in [5.41, 5.74) is 0.953. The molecule has 1 aromatic carbocycles. The topological polar surface area (TPSA) is 57.9 Å². The number of benzene rings is 1. The number of hydrogen-bond acceptors (Lipinski definition) is 3.